The number of hydrogen-bond acceptors (Lipinski definition) is 4. The molecule has 0 aliphatic carbocycles. The largest absolute Gasteiger partial charge is 0.356 e. The molecule has 0 aromatic carbocycles. The summed E-state index contributed by atoms with van der Waals surface area (Å²) in [7, 11) is 2.08. The van der Waals surface area contributed by atoms with Gasteiger partial charge in [0.05, 0.1) is 5.69 Å². The van der Waals surface area contributed by atoms with Crippen molar-refractivity contribution in [3.63, 3.8) is 0 Å². The lowest BCUT2D eigenvalue weighted by atomic mass is 10.1. The molecule has 2 heterocycles. The van der Waals surface area contributed by atoms with Gasteiger partial charge in [-0.3, -0.25) is 4.68 Å². The minimum atomic E-state index is 0.392. The zero-order chi connectivity index (χ0) is 15.5. The van der Waals surface area contributed by atoms with Gasteiger partial charge in [0.25, 0.3) is 0 Å². The molecule has 4 nitrogen and oxygen atoms in total. The molecule has 2 rings (SSSR count). The Morgan fingerprint density at radius 1 is 1.33 bits per heavy atom. The van der Waals surface area contributed by atoms with Crippen LogP contribution >= 0.6 is 11.8 Å². The van der Waals surface area contributed by atoms with Gasteiger partial charge in [-0.15, -0.1) is 0 Å². The Kier molecular flexibility index (Phi) is 5.60. The normalized spacial score (nSPS) is 18.8. The Balaban J connectivity index is 2.17. The molecule has 5 heteroatoms. The molecule has 1 aromatic heterocycles. The van der Waals surface area contributed by atoms with Crippen LogP contribution in [0.3, 0.4) is 0 Å². The van der Waals surface area contributed by atoms with Crippen molar-refractivity contribution in [1.29, 1.82) is 0 Å². The summed E-state index contributed by atoms with van der Waals surface area (Å²) in [6.07, 6.45) is 2.40. The summed E-state index contributed by atoms with van der Waals surface area (Å²) >= 11 is 2.09. The van der Waals surface area contributed by atoms with Gasteiger partial charge in [0.1, 0.15) is 5.82 Å². The Morgan fingerprint density at radius 3 is 2.81 bits per heavy atom. The van der Waals surface area contributed by atoms with E-state index in [1.165, 1.54) is 30.0 Å². The highest BCUT2D eigenvalue weighted by Gasteiger charge is 2.26. The van der Waals surface area contributed by atoms with Gasteiger partial charge in [-0.25, -0.2) is 0 Å². The highest BCUT2D eigenvalue weighted by molar-refractivity contribution is 8.00. The summed E-state index contributed by atoms with van der Waals surface area (Å²) in [5, 5.41) is 8.19. The van der Waals surface area contributed by atoms with Crippen LogP contribution in [-0.4, -0.2) is 39.9 Å². The van der Waals surface area contributed by atoms with Gasteiger partial charge in [0.2, 0.25) is 0 Å². The fraction of sp³-hybridized carbons (Fsp3) is 0.812. The first-order chi connectivity index (χ1) is 9.94. The van der Waals surface area contributed by atoms with E-state index < -0.39 is 0 Å². The standard InChI is InChI=1S/C16H30N4S/c1-6-8-17-12-14-13(2)18-19(5)15(14)20-9-7-16(3,4)21-11-10-20/h17H,6-12H2,1-5H3. The lowest BCUT2D eigenvalue weighted by Gasteiger charge is -2.25. The van der Waals surface area contributed by atoms with Crippen LogP contribution < -0.4 is 10.2 Å². The van der Waals surface area contributed by atoms with Crippen molar-refractivity contribution in [2.24, 2.45) is 7.05 Å². The maximum Gasteiger partial charge on any atom is 0.131 e. The summed E-state index contributed by atoms with van der Waals surface area (Å²) in [5.74, 6) is 2.51. The van der Waals surface area contributed by atoms with Gasteiger partial charge < -0.3 is 10.2 Å². The van der Waals surface area contributed by atoms with Gasteiger partial charge in [-0.2, -0.15) is 16.9 Å². The average Bonchev–Trinajstić information content (AvgIpc) is 2.57. The number of anilines is 1. The van der Waals surface area contributed by atoms with Gasteiger partial charge in [-0.1, -0.05) is 20.8 Å². The third-order valence-electron chi connectivity index (χ3n) is 4.18. The van der Waals surface area contributed by atoms with E-state index in [2.05, 4.69) is 66.5 Å². The maximum atomic E-state index is 4.66. The molecule has 0 radical (unpaired) electrons. The number of rotatable bonds is 5. The second-order valence-electron chi connectivity index (χ2n) is 6.53. The van der Waals surface area contributed by atoms with Crippen molar-refractivity contribution >= 4 is 17.6 Å². The molecule has 0 amide bonds. The summed E-state index contributed by atoms with van der Waals surface area (Å²) in [5.41, 5.74) is 2.53. The van der Waals surface area contributed by atoms with E-state index in [9.17, 15) is 0 Å². The summed E-state index contributed by atoms with van der Waals surface area (Å²) < 4.78 is 2.46. The van der Waals surface area contributed by atoms with E-state index in [1.54, 1.807) is 0 Å². The Morgan fingerprint density at radius 2 is 2.10 bits per heavy atom. The predicted molar refractivity (Wildman–Crippen MR) is 93.3 cm³/mol. The SMILES string of the molecule is CCCNCc1c(C)nn(C)c1N1CCSC(C)(C)CC1. The van der Waals surface area contributed by atoms with Gasteiger partial charge in [-0.05, 0) is 26.3 Å². The average molecular weight is 311 g/mol. The topological polar surface area (TPSA) is 33.1 Å². The fourth-order valence-electron chi connectivity index (χ4n) is 2.91. The third kappa shape index (κ3) is 4.16. The molecule has 21 heavy (non-hydrogen) atoms. The molecule has 0 unspecified atom stereocenters. The molecule has 1 N–H and O–H groups in total. The predicted octanol–water partition coefficient (Wildman–Crippen LogP) is 2.95. The van der Waals surface area contributed by atoms with Crippen LogP contribution in [0.25, 0.3) is 0 Å². The number of hydrogen-bond donors (Lipinski definition) is 1. The van der Waals surface area contributed by atoms with Crippen LogP contribution in [0.15, 0.2) is 0 Å². The van der Waals surface area contributed by atoms with E-state index in [0.717, 1.165) is 31.9 Å². The minimum absolute atomic E-state index is 0.392. The molecular formula is C16H30N4S. The van der Waals surface area contributed by atoms with Crippen molar-refractivity contribution in [1.82, 2.24) is 15.1 Å². The number of aromatic nitrogens is 2. The second-order valence-corrected chi connectivity index (χ2v) is 8.34. The van der Waals surface area contributed by atoms with Crippen LogP contribution in [0.1, 0.15) is 44.9 Å². The lowest BCUT2D eigenvalue weighted by molar-refractivity contribution is 0.619. The number of nitrogens with zero attached hydrogens (tertiary/aromatic N) is 3. The van der Waals surface area contributed by atoms with Crippen molar-refractivity contribution in [2.45, 2.75) is 51.8 Å². The van der Waals surface area contributed by atoms with Gasteiger partial charge in [0, 0.05) is 42.7 Å². The molecular weight excluding hydrogens is 280 g/mol. The van der Waals surface area contributed by atoms with Crippen LogP contribution in [0.2, 0.25) is 0 Å². The lowest BCUT2D eigenvalue weighted by Crippen LogP contribution is -2.30. The molecule has 120 valence electrons. The van der Waals surface area contributed by atoms with Crippen molar-refractivity contribution in [3.8, 4) is 0 Å². The second kappa shape index (κ2) is 7.05. The van der Waals surface area contributed by atoms with Crippen molar-refractivity contribution in [3.05, 3.63) is 11.3 Å². The molecule has 0 saturated carbocycles. The van der Waals surface area contributed by atoms with E-state index >= 15 is 0 Å². The summed E-state index contributed by atoms with van der Waals surface area (Å²) in [6, 6.07) is 0. The highest BCUT2D eigenvalue weighted by atomic mass is 32.2. The number of aryl methyl sites for hydroxylation is 2. The van der Waals surface area contributed by atoms with E-state index in [1.807, 2.05) is 0 Å². The summed E-state index contributed by atoms with van der Waals surface area (Å²) in [6.45, 7) is 13.3. The van der Waals surface area contributed by atoms with Crippen molar-refractivity contribution in [2.75, 3.05) is 30.3 Å². The molecule has 1 aliphatic rings. The Hall–Kier alpha value is -0.680. The third-order valence-corrected chi connectivity index (χ3v) is 5.55. The molecule has 1 aliphatic heterocycles. The first-order valence-corrected chi connectivity index (χ1v) is 9.05. The number of nitrogens with one attached hydrogen (secondary N) is 1. The zero-order valence-electron chi connectivity index (χ0n) is 14.2. The van der Waals surface area contributed by atoms with Crippen LogP contribution in [0.4, 0.5) is 5.82 Å². The quantitative estimate of drug-likeness (QED) is 0.848. The molecule has 0 atom stereocenters. The maximum absolute atomic E-state index is 4.66. The Labute approximate surface area is 133 Å². The van der Waals surface area contributed by atoms with Gasteiger partial charge >= 0.3 is 0 Å². The monoisotopic (exact) mass is 310 g/mol. The van der Waals surface area contributed by atoms with E-state index in [0.29, 0.717) is 4.75 Å². The Bertz CT molecular complexity index is 467. The molecule has 0 spiro atoms. The summed E-state index contributed by atoms with van der Waals surface area (Å²) in [4.78, 5) is 2.53. The highest BCUT2D eigenvalue weighted by Crippen LogP contribution is 2.33. The minimum Gasteiger partial charge on any atom is -0.356 e. The first-order valence-electron chi connectivity index (χ1n) is 8.06. The molecule has 0 bridgehead atoms. The fourth-order valence-corrected chi connectivity index (χ4v) is 4.01. The van der Waals surface area contributed by atoms with E-state index in [4.69, 9.17) is 0 Å². The zero-order valence-corrected chi connectivity index (χ0v) is 15.0. The number of thioether (sulfide) groups is 1. The van der Waals surface area contributed by atoms with E-state index in [-0.39, 0.29) is 0 Å². The van der Waals surface area contributed by atoms with Crippen LogP contribution in [-0.2, 0) is 13.6 Å². The van der Waals surface area contributed by atoms with Crippen LogP contribution in [0, 0.1) is 6.92 Å². The first kappa shape index (κ1) is 16.7. The molecule has 1 saturated heterocycles. The smallest absolute Gasteiger partial charge is 0.131 e. The van der Waals surface area contributed by atoms with Crippen LogP contribution in [0.5, 0.6) is 0 Å². The van der Waals surface area contributed by atoms with Crippen molar-refractivity contribution < 1.29 is 0 Å². The molecule has 1 aromatic rings. The molecule has 1 fully saturated rings. The van der Waals surface area contributed by atoms with Gasteiger partial charge in [0.15, 0.2) is 0 Å².